The highest BCUT2D eigenvalue weighted by Crippen LogP contribution is 2.36. The van der Waals surface area contributed by atoms with Crippen molar-refractivity contribution in [2.45, 2.75) is 44.3 Å². The lowest BCUT2D eigenvalue weighted by Crippen LogP contribution is -2.36. The normalized spacial score (nSPS) is 30.2. The van der Waals surface area contributed by atoms with Crippen LogP contribution in [0.3, 0.4) is 0 Å². The summed E-state index contributed by atoms with van der Waals surface area (Å²) in [6.07, 6.45) is 3.96. The third-order valence-corrected chi connectivity index (χ3v) is 4.98. The molecule has 4 heteroatoms. The number of benzene rings is 1. The summed E-state index contributed by atoms with van der Waals surface area (Å²) in [5.41, 5.74) is 1.33. The average Bonchev–Trinajstić information content (AvgIpc) is 3.03. The fourth-order valence-corrected chi connectivity index (χ4v) is 3.71. The van der Waals surface area contributed by atoms with Crippen LogP contribution in [0.2, 0.25) is 0 Å². The number of nitrogens with zero attached hydrogens (tertiary/aromatic N) is 1. The average molecular weight is 274 g/mol. The second-order valence-corrected chi connectivity index (χ2v) is 6.21. The largest absolute Gasteiger partial charge is 0.454 e. The quantitative estimate of drug-likeness (QED) is 0.897. The van der Waals surface area contributed by atoms with E-state index in [1.807, 2.05) is 6.07 Å². The molecule has 3 aliphatic rings. The van der Waals surface area contributed by atoms with E-state index in [1.54, 1.807) is 0 Å². The highest BCUT2D eigenvalue weighted by molar-refractivity contribution is 5.45. The topological polar surface area (TPSA) is 33.7 Å². The Hall–Kier alpha value is -1.26. The molecule has 1 N–H and O–H groups in total. The van der Waals surface area contributed by atoms with Crippen LogP contribution in [0, 0.1) is 0 Å². The fraction of sp³-hybridized carbons (Fsp3) is 0.625. The minimum atomic E-state index is 0.352. The van der Waals surface area contributed by atoms with Crippen molar-refractivity contribution in [3.8, 4) is 11.5 Å². The number of likely N-dealkylation sites (tertiary alicyclic amines) is 1. The monoisotopic (exact) mass is 274 g/mol. The molecule has 0 amide bonds. The van der Waals surface area contributed by atoms with Crippen LogP contribution in [0.15, 0.2) is 18.2 Å². The van der Waals surface area contributed by atoms with Gasteiger partial charge in [-0.15, -0.1) is 0 Å². The van der Waals surface area contributed by atoms with Crippen LogP contribution in [0.4, 0.5) is 0 Å². The first-order valence-electron chi connectivity index (χ1n) is 7.69. The van der Waals surface area contributed by atoms with Crippen molar-refractivity contribution in [1.29, 1.82) is 0 Å². The van der Waals surface area contributed by atoms with E-state index in [1.165, 1.54) is 31.4 Å². The Morgan fingerprint density at radius 3 is 2.95 bits per heavy atom. The summed E-state index contributed by atoms with van der Waals surface area (Å²) in [5, 5.41) is 3.74. The summed E-state index contributed by atoms with van der Waals surface area (Å²) in [7, 11) is 0. The van der Waals surface area contributed by atoms with Crippen LogP contribution in [0.25, 0.3) is 0 Å². The molecule has 3 aliphatic heterocycles. The summed E-state index contributed by atoms with van der Waals surface area (Å²) in [6.45, 7) is 5.00. The number of fused-ring (bicyclic) bond motifs is 3. The minimum Gasteiger partial charge on any atom is -0.454 e. The lowest BCUT2D eigenvalue weighted by Gasteiger charge is -2.30. The summed E-state index contributed by atoms with van der Waals surface area (Å²) >= 11 is 0. The van der Waals surface area contributed by atoms with Crippen LogP contribution in [0.1, 0.15) is 37.8 Å². The highest BCUT2D eigenvalue weighted by Gasteiger charge is 2.31. The third-order valence-electron chi connectivity index (χ3n) is 4.98. The summed E-state index contributed by atoms with van der Waals surface area (Å²) in [6, 6.07) is 8.22. The number of nitrogens with one attached hydrogen (secondary N) is 1. The Morgan fingerprint density at radius 1 is 1.15 bits per heavy atom. The second kappa shape index (κ2) is 4.93. The van der Waals surface area contributed by atoms with E-state index in [0.29, 0.717) is 18.9 Å². The van der Waals surface area contributed by atoms with Gasteiger partial charge in [-0.3, -0.25) is 4.90 Å². The predicted molar refractivity (Wildman–Crippen MR) is 77.1 cm³/mol. The van der Waals surface area contributed by atoms with Gasteiger partial charge in [0.1, 0.15) is 0 Å². The zero-order valence-corrected chi connectivity index (χ0v) is 12.0. The van der Waals surface area contributed by atoms with Gasteiger partial charge < -0.3 is 14.8 Å². The maximum atomic E-state index is 5.50. The molecule has 108 valence electrons. The Balaban J connectivity index is 1.53. The van der Waals surface area contributed by atoms with Crippen molar-refractivity contribution < 1.29 is 9.47 Å². The van der Waals surface area contributed by atoms with E-state index in [-0.39, 0.29) is 0 Å². The molecular formula is C16H22N2O2. The predicted octanol–water partition coefficient (Wildman–Crippen LogP) is 2.30. The molecule has 1 aromatic rings. The minimum absolute atomic E-state index is 0.352. The maximum absolute atomic E-state index is 5.50. The second-order valence-electron chi connectivity index (χ2n) is 6.21. The van der Waals surface area contributed by atoms with Crippen molar-refractivity contribution in [3.05, 3.63) is 23.8 Å². The van der Waals surface area contributed by atoms with Crippen LogP contribution in [-0.2, 0) is 0 Å². The smallest absolute Gasteiger partial charge is 0.231 e. The van der Waals surface area contributed by atoms with E-state index < -0.39 is 0 Å². The fourth-order valence-electron chi connectivity index (χ4n) is 3.71. The van der Waals surface area contributed by atoms with Crippen molar-refractivity contribution in [1.82, 2.24) is 10.2 Å². The molecule has 0 spiro atoms. The number of hydrogen-bond donors (Lipinski definition) is 1. The Labute approximate surface area is 120 Å². The van der Waals surface area contributed by atoms with Gasteiger partial charge in [-0.2, -0.15) is 0 Å². The third kappa shape index (κ3) is 2.17. The molecule has 2 bridgehead atoms. The lowest BCUT2D eigenvalue weighted by atomic mass is 10.0. The number of ether oxygens (including phenoxy) is 2. The summed E-state index contributed by atoms with van der Waals surface area (Å²) in [4.78, 5) is 2.61. The highest BCUT2D eigenvalue weighted by atomic mass is 16.7. The van der Waals surface area contributed by atoms with E-state index in [4.69, 9.17) is 9.47 Å². The molecule has 3 heterocycles. The number of hydrogen-bond acceptors (Lipinski definition) is 4. The van der Waals surface area contributed by atoms with Crippen LogP contribution < -0.4 is 14.8 Å². The SMILES string of the molecule is CC(c1ccc2c(c1)OCO2)N1CCC2CCC(C1)N2. The zero-order valence-electron chi connectivity index (χ0n) is 12.0. The van der Waals surface area contributed by atoms with Gasteiger partial charge in [-0.05, 0) is 43.9 Å². The van der Waals surface area contributed by atoms with Crippen molar-refractivity contribution >= 4 is 0 Å². The van der Waals surface area contributed by atoms with Crippen LogP contribution >= 0.6 is 0 Å². The molecule has 1 aromatic carbocycles. The molecule has 20 heavy (non-hydrogen) atoms. The molecule has 4 rings (SSSR count). The van der Waals surface area contributed by atoms with Gasteiger partial charge in [0.15, 0.2) is 11.5 Å². The molecular weight excluding hydrogens is 252 g/mol. The molecule has 0 aliphatic carbocycles. The van der Waals surface area contributed by atoms with Gasteiger partial charge in [0.25, 0.3) is 0 Å². The van der Waals surface area contributed by atoms with Crippen LogP contribution in [-0.4, -0.2) is 36.9 Å². The molecule has 2 saturated heterocycles. The van der Waals surface area contributed by atoms with Crippen molar-refractivity contribution in [2.75, 3.05) is 19.9 Å². The Bertz CT molecular complexity index is 505. The molecule has 3 atom stereocenters. The summed E-state index contributed by atoms with van der Waals surface area (Å²) in [5.74, 6) is 1.77. The number of rotatable bonds is 2. The molecule has 0 saturated carbocycles. The Kier molecular flexibility index (Phi) is 3.08. The lowest BCUT2D eigenvalue weighted by molar-refractivity contribution is 0.173. The first kappa shape index (κ1) is 12.5. The van der Waals surface area contributed by atoms with E-state index >= 15 is 0 Å². The first-order valence-corrected chi connectivity index (χ1v) is 7.69. The zero-order chi connectivity index (χ0) is 13.5. The van der Waals surface area contributed by atoms with Crippen molar-refractivity contribution in [2.24, 2.45) is 0 Å². The van der Waals surface area contributed by atoms with Crippen LogP contribution in [0.5, 0.6) is 11.5 Å². The summed E-state index contributed by atoms with van der Waals surface area (Å²) < 4.78 is 10.9. The standard InChI is InChI=1S/C16H22N2O2/c1-11(12-2-5-15-16(8-12)20-10-19-15)18-7-6-13-3-4-14(9-18)17-13/h2,5,8,11,13-14,17H,3-4,6-7,9-10H2,1H3. The van der Waals surface area contributed by atoms with Gasteiger partial charge in [-0.25, -0.2) is 0 Å². The van der Waals surface area contributed by atoms with E-state index in [2.05, 4.69) is 29.3 Å². The van der Waals surface area contributed by atoms with Gasteiger partial charge >= 0.3 is 0 Å². The molecule has 2 fully saturated rings. The van der Waals surface area contributed by atoms with Gasteiger partial charge in [0, 0.05) is 31.2 Å². The van der Waals surface area contributed by atoms with Gasteiger partial charge in [-0.1, -0.05) is 6.07 Å². The van der Waals surface area contributed by atoms with E-state index in [9.17, 15) is 0 Å². The molecule has 3 unspecified atom stereocenters. The van der Waals surface area contributed by atoms with Crippen molar-refractivity contribution in [3.63, 3.8) is 0 Å². The molecule has 0 radical (unpaired) electrons. The van der Waals surface area contributed by atoms with Gasteiger partial charge in [0.2, 0.25) is 6.79 Å². The molecule has 4 nitrogen and oxygen atoms in total. The van der Waals surface area contributed by atoms with E-state index in [0.717, 1.165) is 24.1 Å². The maximum Gasteiger partial charge on any atom is 0.231 e. The van der Waals surface area contributed by atoms with Gasteiger partial charge in [0.05, 0.1) is 0 Å². The molecule has 0 aromatic heterocycles. The first-order chi connectivity index (χ1) is 9.79. The Morgan fingerprint density at radius 2 is 2.00 bits per heavy atom.